The Balaban J connectivity index is 0.00000192. The number of fused-ring (bicyclic) bond motifs is 1. The highest BCUT2D eigenvalue weighted by atomic mass is 35.5. The minimum atomic E-state index is 0. The maximum absolute atomic E-state index is 5.78. The average Bonchev–Trinajstić information content (AvgIpc) is 2.56. The molecule has 0 bridgehead atoms. The zero-order valence-corrected chi connectivity index (χ0v) is 14.6. The maximum Gasteiger partial charge on any atom is 0.119 e. The molecule has 0 radical (unpaired) electrons. The summed E-state index contributed by atoms with van der Waals surface area (Å²) < 4.78 is 5.29. The van der Waals surface area contributed by atoms with Crippen LogP contribution in [0.15, 0.2) is 36.4 Å². The highest BCUT2D eigenvalue weighted by Gasteiger charge is 2.21. The number of methoxy groups -OCH3 is 1. The van der Waals surface area contributed by atoms with Crippen molar-refractivity contribution in [3.63, 3.8) is 0 Å². The average molecular weight is 335 g/mol. The van der Waals surface area contributed by atoms with Gasteiger partial charge >= 0.3 is 0 Å². The van der Waals surface area contributed by atoms with Crippen LogP contribution in [-0.2, 0) is 6.54 Å². The van der Waals surface area contributed by atoms with Crippen molar-refractivity contribution < 1.29 is 4.74 Å². The SMILES string of the molecule is COc1ccc2cc(CN3CCCCC3CCN)ccc2c1.Cl. The van der Waals surface area contributed by atoms with E-state index in [1.807, 2.05) is 6.07 Å². The molecule has 126 valence electrons. The summed E-state index contributed by atoms with van der Waals surface area (Å²) in [5.41, 5.74) is 7.17. The molecule has 2 aromatic carbocycles. The Morgan fingerprint density at radius 3 is 2.70 bits per heavy atom. The summed E-state index contributed by atoms with van der Waals surface area (Å²) in [7, 11) is 1.71. The summed E-state index contributed by atoms with van der Waals surface area (Å²) in [5.74, 6) is 0.916. The molecule has 1 aliphatic heterocycles. The smallest absolute Gasteiger partial charge is 0.119 e. The zero-order chi connectivity index (χ0) is 15.4. The molecule has 3 nitrogen and oxygen atoms in total. The van der Waals surface area contributed by atoms with Crippen LogP contribution in [0.5, 0.6) is 5.75 Å². The molecular weight excluding hydrogens is 308 g/mol. The second-order valence-corrected chi connectivity index (χ2v) is 6.24. The summed E-state index contributed by atoms with van der Waals surface area (Å²) in [6, 6.07) is 13.7. The molecule has 2 N–H and O–H groups in total. The maximum atomic E-state index is 5.78. The number of rotatable bonds is 5. The molecule has 0 amide bonds. The molecular formula is C19H27ClN2O. The van der Waals surface area contributed by atoms with Gasteiger partial charge in [-0.15, -0.1) is 12.4 Å². The Bertz CT molecular complexity index is 630. The van der Waals surface area contributed by atoms with Crippen molar-refractivity contribution in [3.05, 3.63) is 42.0 Å². The van der Waals surface area contributed by atoms with E-state index in [1.54, 1.807) is 7.11 Å². The van der Waals surface area contributed by atoms with Crippen molar-refractivity contribution in [3.8, 4) is 5.75 Å². The molecule has 1 saturated heterocycles. The summed E-state index contributed by atoms with van der Waals surface area (Å²) in [4.78, 5) is 2.61. The number of piperidine rings is 1. The fraction of sp³-hybridized carbons (Fsp3) is 0.474. The number of nitrogens with zero attached hydrogens (tertiary/aromatic N) is 1. The second kappa shape index (κ2) is 8.53. The van der Waals surface area contributed by atoms with E-state index in [9.17, 15) is 0 Å². The highest BCUT2D eigenvalue weighted by Crippen LogP contribution is 2.25. The quantitative estimate of drug-likeness (QED) is 0.899. The summed E-state index contributed by atoms with van der Waals surface area (Å²) in [6.07, 6.45) is 5.07. The number of hydrogen-bond donors (Lipinski definition) is 1. The van der Waals surface area contributed by atoms with Crippen LogP contribution in [0.3, 0.4) is 0 Å². The fourth-order valence-electron chi connectivity index (χ4n) is 3.52. The van der Waals surface area contributed by atoms with Crippen LogP contribution in [0.25, 0.3) is 10.8 Å². The first-order chi connectivity index (χ1) is 10.8. The molecule has 0 saturated carbocycles. The number of ether oxygens (including phenoxy) is 1. The molecule has 23 heavy (non-hydrogen) atoms. The van der Waals surface area contributed by atoms with E-state index in [-0.39, 0.29) is 12.4 Å². The molecule has 3 rings (SSSR count). The molecule has 4 heteroatoms. The van der Waals surface area contributed by atoms with Crippen LogP contribution >= 0.6 is 12.4 Å². The van der Waals surface area contributed by atoms with Crippen molar-refractivity contribution in [1.82, 2.24) is 4.90 Å². The monoisotopic (exact) mass is 334 g/mol. The van der Waals surface area contributed by atoms with Crippen LogP contribution in [0.1, 0.15) is 31.2 Å². The van der Waals surface area contributed by atoms with Gasteiger partial charge in [-0.05, 0) is 66.9 Å². The normalized spacial score (nSPS) is 18.6. The second-order valence-electron chi connectivity index (χ2n) is 6.24. The number of likely N-dealkylation sites (tertiary alicyclic amines) is 1. The predicted octanol–water partition coefficient (Wildman–Crippen LogP) is 3.97. The van der Waals surface area contributed by atoms with Crippen LogP contribution in [0, 0.1) is 0 Å². The summed E-state index contributed by atoms with van der Waals surface area (Å²) >= 11 is 0. The Morgan fingerprint density at radius 1 is 1.13 bits per heavy atom. The molecule has 0 aromatic heterocycles. The lowest BCUT2D eigenvalue weighted by molar-refractivity contribution is 0.134. The zero-order valence-electron chi connectivity index (χ0n) is 13.8. The molecule has 1 heterocycles. The lowest BCUT2D eigenvalue weighted by atomic mass is 9.98. The van der Waals surface area contributed by atoms with E-state index in [0.29, 0.717) is 6.04 Å². The lowest BCUT2D eigenvalue weighted by Crippen LogP contribution is -2.40. The van der Waals surface area contributed by atoms with Gasteiger partial charge in [0.25, 0.3) is 0 Å². The van der Waals surface area contributed by atoms with Crippen molar-refractivity contribution >= 4 is 23.2 Å². The van der Waals surface area contributed by atoms with Gasteiger partial charge in [-0.2, -0.15) is 0 Å². The van der Waals surface area contributed by atoms with Crippen LogP contribution in [-0.4, -0.2) is 31.1 Å². The van der Waals surface area contributed by atoms with Crippen molar-refractivity contribution in [1.29, 1.82) is 0 Å². The van der Waals surface area contributed by atoms with Gasteiger partial charge in [0.1, 0.15) is 5.75 Å². The van der Waals surface area contributed by atoms with E-state index in [4.69, 9.17) is 10.5 Å². The number of nitrogens with two attached hydrogens (primary N) is 1. The van der Waals surface area contributed by atoms with E-state index < -0.39 is 0 Å². The molecule has 1 aliphatic rings. The summed E-state index contributed by atoms with van der Waals surface area (Å²) in [5, 5.41) is 2.52. The van der Waals surface area contributed by atoms with Gasteiger partial charge in [0.2, 0.25) is 0 Å². The molecule has 0 spiro atoms. The molecule has 0 aliphatic carbocycles. The van der Waals surface area contributed by atoms with Gasteiger partial charge in [-0.25, -0.2) is 0 Å². The Labute approximate surface area is 145 Å². The van der Waals surface area contributed by atoms with Gasteiger partial charge in [0.15, 0.2) is 0 Å². The van der Waals surface area contributed by atoms with E-state index in [1.165, 1.54) is 42.1 Å². The lowest BCUT2D eigenvalue weighted by Gasteiger charge is -2.35. The number of hydrogen-bond acceptors (Lipinski definition) is 3. The topological polar surface area (TPSA) is 38.5 Å². The van der Waals surface area contributed by atoms with E-state index in [0.717, 1.165) is 25.3 Å². The van der Waals surface area contributed by atoms with Gasteiger partial charge in [-0.3, -0.25) is 4.90 Å². The molecule has 2 aromatic rings. The first kappa shape index (κ1) is 18.1. The summed E-state index contributed by atoms with van der Waals surface area (Å²) in [6.45, 7) is 3.02. The van der Waals surface area contributed by atoms with E-state index in [2.05, 4.69) is 35.2 Å². The van der Waals surface area contributed by atoms with Crippen molar-refractivity contribution in [2.45, 2.75) is 38.3 Å². The van der Waals surface area contributed by atoms with Crippen LogP contribution in [0.4, 0.5) is 0 Å². The third-order valence-electron chi connectivity index (χ3n) is 4.75. The first-order valence-electron chi connectivity index (χ1n) is 8.31. The first-order valence-corrected chi connectivity index (χ1v) is 8.31. The highest BCUT2D eigenvalue weighted by molar-refractivity contribution is 5.85. The van der Waals surface area contributed by atoms with Crippen LogP contribution < -0.4 is 10.5 Å². The molecule has 1 unspecified atom stereocenters. The van der Waals surface area contributed by atoms with Crippen LogP contribution in [0.2, 0.25) is 0 Å². The molecule has 1 fully saturated rings. The van der Waals surface area contributed by atoms with Gasteiger partial charge in [-0.1, -0.05) is 24.6 Å². The van der Waals surface area contributed by atoms with Gasteiger partial charge in [0, 0.05) is 12.6 Å². The Hall–Kier alpha value is -1.29. The third-order valence-corrected chi connectivity index (χ3v) is 4.75. The Kier molecular flexibility index (Phi) is 6.70. The Morgan fingerprint density at radius 2 is 1.91 bits per heavy atom. The van der Waals surface area contributed by atoms with E-state index >= 15 is 0 Å². The van der Waals surface area contributed by atoms with Gasteiger partial charge in [0.05, 0.1) is 7.11 Å². The fourth-order valence-corrected chi connectivity index (χ4v) is 3.52. The largest absolute Gasteiger partial charge is 0.497 e. The predicted molar refractivity (Wildman–Crippen MR) is 99.5 cm³/mol. The van der Waals surface area contributed by atoms with Gasteiger partial charge < -0.3 is 10.5 Å². The van der Waals surface area contributed by atoms with Crippen molar-refractivity contribution in [2.24, 2.45) is 5.73 Å². The number of halogens is 1. The molecule has 1 atom stereocenters. The van der Waals surface area contributed by atoms with Crippen molar-refractivity contribution in [2.75, 3.05) is 20.2 Å². The minimum absolute atomic E-state index is 0. The minimum Gasteiger partial charge on any atom is -0.497 e. The third kappa shape index (κ3) is 4.37. The standard InChI is InChI=1S/C19H26N2O.ClH/c1-22-19-8-7-16-12-15(5-6-17(16)13-19)14-21-11-3-2-4-18(21)9-10-20;/h5-8,12-13,18H,2-4,9-11,14,20H2,1H3;1H. The number of benzene rings is 2.